The first-order valence-corrected chi connectivity index (χ1v) is 9.26. The van der Waals surface area contributed by atoms with Crippen molar-refractivity contribution in [2.75, 3.05) is 12.4 Å². The molecule has 21 heavy (non-hydrogen) atoms. The molecule has 1 N–H and O–H groups in total. The Balaban J connectivity index is 2.78. The lowest BCUT2D eigenvalue weighted by atomic mass is 10.3. The van der Waals surface area contributed by atoms with E-state index >= 15 is 0 Å². The molecular weight excluding hydrogens is 312 g/mol. The third kappa shape index (κ3) is 4.71. The minimum absolute atomic E-state index is 0.0395. The summed E-state index contributed by atoms with van der Waals surface area (Å²) in [6.45, 7) is 6.87. The van der Waals surface area contributed by atoms with Crippen LogP contribution in [0.2, 0.25) is 0 Å². The second kappa shape index (κ2) is 6.79. The molecule has 120 valence electrons. The molecule has 0 aliphatic rings. The Labute approximate surface area is 129 Å². The van der Waals surface area contributed by atoms with Crippen molar-refractivity contribution < 1.29 is 23.1 Å². The number of thiophene rings is 1. The summed E-state index contributed by atoms with van der Waals surface area (Å²) in [4.78, 5) is 12.2. The molecule has 5 nitrogen and oxygen atoms in total. The van der Waals surface area contributed by atoms with Crippen molar-refractivity contribution >= 4 is 27.1 Å². The van der Waals surface area contributed by atoms with E-state index in [-0.39, 0.29) is 23.0 Å². The van der Waals surface area contributed by atoms with Gasteiger partial charge in [-0.3, -0.25) is 0 Å². The molecule has 1 aromatic heterocycles. The van der Waals surface area contributed by atoms with Crippen LogP contribution < -0.4 is 4.74 Å². The van der Waals surface area contributed by atoms with Gasteiger partial charge < -0.3 is 9.84 Å². The molecule has 0 saturated heterocycles. The van der Waals surface area contributed by atoms with E-state index in [0.717, 1.165) is 17.7 Å². The second-order valence-electron chi connectivity index (χ2n) is 5.74. The van der Waals surface area contributed by atoms with Crippen molar-refractivity contribution in [3.05, 3.63) is 15.8 Å². The largest absolute Gasteiger partial charge is 0.491 e. The van der Waals surface area contributed by atoms with E-state index in [1.54, 1.807) is 26.8 Å². The van der Waals surface area contributed by atoms with Gasteiger partial charge in [0.1, 0.15) is 12.4 Å². The number of aryl methyl sites for hydroxylation is 1. The first-order chi connectivity index (χ1) is 9.58. The van der Waals surface area contributed by atoms with Gasteiger partial charge in [-0.2, -0.15) is 0 Å². The highest BCUT2D eigenvalue weighted by Crippen LogP contribution is 2.30. The Morgan fingerprint density at radius 3 is 2.48 bits per heavy atom. The average molecular weight is 334 g/mol. The molecule has 0 spiro atoms. The van der Waals surface area contributed by atoms with Crippen LogP contribution in [0.3, 0.4) is 0 Å². The highest BCUT2D eigenvalue weighted by atomic mass is 32.2. The molecule has 0 aliphatic heterocycles. The SMILES string of the molecule is CCCc1cc(OCCS(=O)(=O)C(C)(C)C)c(C(=O)O)s1. The number of hydrogen-bond donors (Lipinski definition) is 1. The minimum atomic E-state index is -3.27. The maximum atomic E-state index is 12.0. The molecule has 1 heterocycles. The van der Waals surface area contributed by atoms with Crippen molar-refractivity contribution in [3.63, 3.8) is 0 Å². The Kier molecular flexibility index (Phi) is 5.81. The van der Waals surface area contributed by atoms with Crippen LogP contribution in [-0.2, 0) is 16.3 Å². The van der Waals surface area contributed by atoms with Gasteiger partial charge in [-0.05, 0) is 33.3 Å². The number of rotatable bonds is 7. The number of carbonyl (C=O) groups is 1. The summed E-state index contributed by atoms with van der Waals surface area (Å²) in [5.74, 6) is -0.912. The molecule has 0 radical (unpaired) electrons. The summed E-state index contributed by atoms with van der Waals surface area (Å²) in [5, 5.41) is 9.15. The van der Waals surface area contributed by atoms with E-state index in [2.05, 4.69) is 0 Å². The van der Waals surface area contributed by atoms with Gasteiger partial charge >= 0.3 is 5.97 Å². The van der Waals surface area contributed by atoms with E-state index in [4.69, 9.17) is 9.84 Å². The standard InChI is InChI=1S/C14H22O5S2/c1-5-6-10-9-11(12(20-10)13(15)16)19-7-8-21(17,18)14(2,3)4/h9H,5-8H2,1-4H3,(H,15,16). The van der Waals surface area contributed by atoms with Crippen LogP contribution in [-0.4, -0.2) is 36.6 Å². The topological polar surface area (TPSA) is 80.7 Å². The van der Waals surface area contributed by atoms with Gasteiger partial charge in [-0.1, -0.05) is 13.3 Å². The van der Waals surface area contributed by atoms with Crippen molar-refractivity contribution in [2.45, 2.75) is 45.3 Å². The van der Waals surface area contributed by atoms with Crippen molar-refractivity contribution in [3.8, 4) is 5.75 Å². The third-order valence-electron chi connectivity index (χ3n) is 2.98. The van der Waals surface area contributed by atoms with Crippen LogP contribution in [0.15, 0.2) is 6.07 Å². The number of aromatic carboxylic acids is 1. The molecule has 0 fully saturated rings. The molecular formula is C14H22O5S2. The molecule has 1 aromatic rings. The first-order valence-electron chi connectivity index (χ1n) is 6.79. The molecule has 0 bridgehead atoms. The van der Waals surface area contributed by atoms with Crippen LogP contribution in [0.1, 0.15) is 48.7 Å². The zero-order valence-electron chi connectivity index (χ0n) is 12.8. The molecule has 0 atom stereocenters. The lowest BCUT2D eigenvalue weighted by molar-refractivity contribution is 0.0698. The van der Waals surface area contributed by atoms with Gasteiger partial charge in [0.25, 0.3) is 0 Å². The smallest absolute Gasteiger partial charge is 0.349 e. The summed E-state index contributed by atoms with van der Waals surface area (Å²) in [5.41, 5.74) is 0. The van der Waals surface area contributed by atoms with Gasteiger partial charge in [-0.15, -0.1) is 11.3 Å². The summed E-state index contributed by atoms with van der Waals surface area (Å²) in [6.07, 6.45) is 1.70. The highest BCUT2D eigenvalue weighted by Gasteiger charge is 2.29. The number of sulfone groups is 1. The van der Waals surface area contributed by atoms with Crippen molar-refractivity contribution in [1.29, 1.82) is 0 Å². The van der Waals surface area contributed by atoms with Crippen LogP contribution in [0.5, 0.6) is 5.75 Å². The van der Waals surface area contributed by atoms with E-state index in [0.29, 0.717) is 0 Å². The quantitative estimate of drug-likeness (QED) is 0.829. The Hall–Kier alpha value is -1.08. The summed E-state index contributed by atoms with van der Waals surface area (Å²) in [7, 11) is -3.27. The van der Waals surface area contributed by atoms with Crippen molar-refractivity contribution in [1.82, 2.24) is 0 Å². The second-order valence-corrected chi connectivity index (χ2v) is 9.74. The van der Waals surface area contributed by atoms with Gasteiger partial charge in [0.15, 0.2) is 14.7 Å². The maximum absolute atomic E-state index is 12.0. The first kappa shape index (κ1) is 18.0. The maximum Gasteiger partial charge on any atom is 0.349 e. The lowest BCUT2D eigenvalue weighted by Gasteiger charge is -2.19. The third-order valence-corrected chi connectivity index (χ3v) is 6.72. The van der Waals surface area contributed by atoms with Gasteiger partial charge in [0.05, 0.1) is 10.5 Å². The van der Waals surface area contributed by atoms with Gasteiger partial charge in [-0.25, -0.2) is 13.2 Å². The summed E-state index contributed by atoms with van der Waals surface area (Å²) >= 11 is 1.18. The predicted octanol–water partition coefficient (Wildman–Crippen LogP) is 2.99. The Morgan fingerprint density at radius 2 is 2.00 bits per heavy atom. The van der Waals surface area contributed by atoms with E-state index in [9.17, 15) is 13.2 Å². The fourth-order valence-electron chi connectivity index (χ4n) is 1.62. The molecule has 0 saturated carbocycles. The van der Waals surface area contributed by atoms with Gasteiger partial charge in [0.2, 0.25) is 0 Å². The Morgan fingerprint density at radius 1 is 1.38 bits per heavy atom. The molecule has 1 rings (SSSR count). The molecule has 7 heteroatoms. The average Bonchev–Trinajstić information content (AvgIpc) is 2.71. The van der Waals surface area contributed by atoms with E-state index in [1.165, 1.54) is 11.3 Å². The van der Waals surface area contributed by atoms with Crippen LogP contribution in [0.25, 0.3) is 0 Å². The highest BCUT2D eigenvalue weighted by molar-refractivity contribution is 7.92. The normalized spacial score (nSPS) is 12.4. The minimum Gasteiger partial charge on any atom is -0.491 e. The molecule has 0 aliphatic carbocycles. The summed E-state index contributed by atoms with van der Waals surface area (Å²) < 4.78 is 28.5. The number of hydrogen-bond acceptors (Lipinski definition) is 5. The van der Waals surface area contributed by atoms with Crippen LogP contribution in [0, 0.1) is 0 Å². The fraction of sp³-hybridized carbons (Fsp3) is 0.643. The zero-order chi connectivity index (χ0) is 16.3. The lowest BCUT2D eigenvalue weighted by Crippen LogP contribution is -2.32. The number of carboxylic acids is 1. The fourth-order valence-corrected chi connectivity index (χ4v) is 3.57. The van der Waals surface area contributed by atoms with E-state index in [1.807, 2.05) is 6.92 Å². The summed E-state index contributed by atoms with van der Waals surface area (Å²) in [6, 6.07) is 1.70. The molecule has 0 amide bonds. The number of carboxylic acid groups (broad SMARTS) is 1. The van der Waals surface area contributed by atoms with Gasteiger partial charge in [0, 0.05) is 4.88 Å². The van der Waals surface area contributed by atoms with Crippen LogP contribution in [0.4, 0.5) is 0 Å². The monoisotopic (exact) mass is 334 g/mol. The Bertz CT molecular complexity index is 593. The zero-order valence-corrected chi connectivity index (χ0v) is 14.4. The van der Waals surface area contributed by atoms with Crippen molar-refractivity contribution in [2.24, 2.45) is 0 Å². The van der Waals surface area contributed by atoms with Crippen LogP contribution >= 0.6 is 11.3 Å². The molecule has 0 aromatic carbocycles. The van der Waals surface area contributed by atoms with E-state index < -0.39 is 20.6 Å². The molecule has 0 unspecified atom stereocenters. The predicted molar refractivity (Wildman–Crippen MR) is 84.3 cm³/mol. The number of ether oxygens (including phenoxy) is 1.